The number of rotatable bonds is 2. The lowest BCUT2D eigenvalue weighted by molar-refractivity contribution is 0.461. The number of aryl methyl sites for hydroxylation is 1. The van der Waals surface area contributed by atoms with Crippen molar-refractivity contribution in [3.05, 3.63) is 26.9 Å². The predicted octanol–water partition coefficient (Wildman–Crippen LogP) is 0.772. The molecule has 0 aromatic carbocycles. The first kappa shape index (κ1) is 13.8. The second-order valence-corrected chi connectivity index (χ2v) is 5.65. The van der Waals surface area contributed by atoms with E-state index < -0.39 is 5.69 Å². The van der Waals surface area contributed by atoms with Crippen molar-refractivity contribution >= 4 is 16.9 Å². The molecule has 1 fully saturated rings. The Hall–Kier alpha value is -2.18. The molecule has 0 spiro atoms. The van der Waals surface area contributed by atoms with E-state index in [0.717, 1.165) is 17.4 Å². The Morgan fingerprint density at radius 3 is 2.52 bits per heavy atom. The van der Waals surface area contributed by atoms with E-state index in [-0.39, 0.29) is 5.56 Å². The summed E-state index contributed by atoms with van der Waals surface area (Å²) in [5.41, 5.74) is -0.415. The molecule has 2 aromatic heterocycles. The average Bonchev–Trinajstić information content (AvgIpc) is 2.52. The Morgan fingerprint density at radius 2 is 1.81 bits per heavy atom. The van der Waals surface area contributed by atoms with E-state index in [1.165, 1.54) is 30.9 Å². The molecule has 7 nitrogen and oxygen atoms in total. The van der Waals surface area contributed by atoms with Crippen molar-refractivity contribution in [3.63, 3.8) is 0 Å². The normalized spacial score (nSPS) is 16.3. The molecule has 1 saturated carbocycles. The third-order valence-corrected chi connectivity index (χ3v) is 4.16. The zero-order valence-electron chi connectivity index (χ0n) is 12.3. The lowest BCUT2D eigenvalue weighted by Crippen LogP contribution is -2.37. The third kappa shape index (κ3) is 2.43. The van der Waals surface area contributed by atoms with Gasteiger partial charge in [-0.1, -0.05) is 19.3 Å². The van der Waals surface area contributed by atoms with Crippen LogP contribution >= 0.6 is 0 Å². The zero-order chi connectivity index (χ0) is 15.0. The fourth-order valence-electron chi connectivity index (χ4n) is 2.90. The smallest absolute Gasteiger partial charge is 0.332 e. The molecule has 1 aliphatic rings. The van der Waals surface area contributed by atoms with E-state index in [1.54, 1.807) is 13.1 Å². The molecule has 0 saturated heterocycles. The SMILES string of the molecule is Cn1c(=O)c2cc(NC3CCCCC3)nnc2n(C)c1=O. The van der Waals surface area contributed by atoms with Gasteiger partial charge >= 0.3 is 5.69 Å². The summed E-state index contributed by atoms with van der Waals surface area (Å²) in [5.74, 6) is 0.602. The maximum absolute atomic E-state index is 12.2. The minimum absolute atomic E-state index is 0.317. The molecule has 1 N–H and O–H groups in total. The maximum atomic E-state index is 12.2. The highest BCUT2D eigenvalue weighted by molar-refractivity contribution is 5.76. The first-order chi connectivity index (χ1) is 10.1. The van der Waals surface area contributed by atoms with Crippen LogP contribution in [0.4, 0.5) is 5.82 Å². The third-order valence-electron chi connectivity index (χ3n) is 4.16. The first-order valence-corrected chi connectivity index (χ1v) is 7.28. The van der Waals surface area contributed by atoms with Gasteiger partial charge in [-0.05, 0) is 18.9 Å². The summed E-state index contributed by atoms with van der Waals surface area (Å²) in [6.45, 7) is 0. The molecule has 7 heteroatoms. The summed E-state index contributed by atoms with van der Waals surface area (Å²) < 4.78 is 2.43. The molecule has 0 atom stereocenters. The minimum atomic E-state index is -0.394. The standard InChI is InChI=1S/C14H19N5O2/c1-18-12-10(13(20)19(2)14(18)21)8-11(16-17-12)15-9-6-4-3-5-7-9/h8-9H,3-7H2,1-2H3,(H,15,16). The van der Waals surface area contributed by atoms with Crippen molar-refractivity contribution in [2.75, 3.05) is 5.32 Å². The summed E-state index contributed by atoms with van der Waals surface area (Å²) in [7, 11) is 3.06. The van der Waals surface area contributed by atoms with Gasteiger partial charge in [0.2, 0.25) is 0 Å². The Balaban J connectivity index is 2.03. The topological polar surface area (TPSA) is 81.8 Å². The fraction of sp³-hybridized carbons (Fsp3) is 0.571. The second-order valence-electron chi connectivity index (χ2n) is 5.65. The van der Waals surface area contributed by atoms with Gasteiger partial charge in [-0.2, -0.15) is 0 Å². The molecule has 3 rings (SSSR count). The van der Waals surface area contributed by atoms with Gasteiger partial charge in [-0.15, -0.1) is 10.2 Å². The van der Waals surface area contributed by atoms with Gasteiger partial charge in [0.25, 0.3) is 5.56 Å². The lowest BCUT2D eigenvalue weighted by atomic mass is 9.95. The van der Waals surface area contributed by atoms with Crippen LogP contribution in [0.5, 0.6) is 0 Å². The monoisotopic (exact) mass is 289 g/mol. The highest BCUT2D eigenvalue weighted by Gasteiger charge is 2.15. The van der Waals surface area contributed by atoms with Gasteiger partial charge < -0.3 is 5.32 Å². The fourth-order valence-corrected chi connectivity index (χ4v) is 2.90. The molecule has 2 aromatic rings. The zero-order valence-corrected chi connectivity index (χ0v) is 12.3. The molecular weight excluding hydrogens is 270 g/mol. The van der Waals surface area contributed by atoms with E-state index in [9.17, 15) is 9.59 Å². The predicted molar refractivity (Wildman–Crippen MR) is 80.5 cm³/mol. The van der Waals surface area contributed by atoms with Crippen LogP contribution in [-0.4, -0.2) is 25.4 Å². The molecule has 0 amide bonds. The molecule has 112 valence electrons. The van der Waals surface area contributed by atoms with E-state index >= 15 is 0 Å². The Morgan fingerprint density at radius 1 is 1.10 bits per heavy atom. The summed E-state index contributed by atoms with van der Waals surface area (Å²) in [6, 6.07) is 2.08. The van der Waals surface area contributed by atoms with Crippen LogP contribution in [0.2, 0.25) is 0 Å². The quantitative estimate of drug-likeness (QED) is 0.883. The van der Waals surface area contributed by atoms with Gasteiger partial charge in [-0.3, -0.25) is 13.9 Å². The number of fused-ring (bicyclic) bond motifs is 1. The molecule has 0 unspecified atom stereocenters. The molecule has 21 heavy (non-hydrogen) atoms. The number of aromatic nitrogens is 4. The Kier molecular flexibility index (Phi) is 3.48. The van der Waals surface area contributed by atoms with Gasteiger partial charge in [0.1, 0.15) is 5.82 Å². The van der Waals surface area contributed by atoms with Crippen molar-refractivity contribution < 1.29 is 0 Å². The largest absolute Gasteiger partial charge is 0.366 e. The molecule has 0 aliphatic heterocycles. The van der Waals surface area contributed by atoms with E-state index in [4.69, 9.17) is 0 Å². The molecular formula is C14H19N5O2. The minimum Gasteiger partial charge on any atom is -0.366 e. The number of nitrogens with zero attached hydrogens (tertiary/aromatic N) is 4. The number of hydrogen-bond donors (Lipinski definition) is 1. The van der Waals surface area contributed by atoms with Gasteiger partial charge in [0, 0.05) is 20.1 Å². The van der Waals surface area contributed by atoms with Gasteiger partial charge in [-0.25, -0.2) is 4.79 Å². The van der Waals surface area contributed by atoms with Gasteiger partial charge in [0.05, 0.1) is 5.39 Å². The number of anilines is 1. The highest BCUT2D eigenvalue weighted by Crippen LogP contribution is 2.21. The van der Waals surface area contributed by atoms with Crippen LogP contribution in [0.3, 0.4) is 0 Å². The Bertz CT molecular complexity index is 786. The van der Waals surface area contributed by atoms with Crippen LogP contribution in [-0.2, 0) is 14.1 Å². The average molecular weight is 289 g/mol. The van der Waals surface area contributed by atoms with Crippen molar-refractivity contribution in [2.45, 2.75) is 38.1 Å². The maximum Gasteiger partial charge on any atom is 0.332 e. The van der Waals surface area contributed by atoms with Crippen LogP contribution in [0, 0.1) is 0 Å². The molecule has 2 heterocycles. The summed E-state index contributed by atoms with van der Waals surface area (Å²) in [4.78, 5) is 24.0. The van der Waals surface area contributed by atoms with Crippen molar-refractivity contribution in [1.82, 2.24) is 19.3 Å². The summed E-state index contributed by atoms with van der Waals surface area (Å²) in [6.07, 6.45) is 5.95. The second kappa shape index (κ2) is 5.31. The summed E-state index contributed by atoms with van der Waals surface area (Å²) in [5, 5.41) is 11.9. The van der Waals surface area contributed by atoms with Crippen LogP contribution in [0.25, 0.3) is 11.0 Å². The molecule has 0 bridgehead atoms. The highest BCUT2D eigenvalue weighted by atomic mass is 16.2. The molecule has 1 aliphatic carbocycles. The van der Waals surface area contributed by atoms with Crippen LogP contribution in [0.15, 0.2) is 15.7 Å². The molecule has 0 radical (unpaired) electrons. The first-order valence-electron chi connectivity index (χ1n) is 7.28. The number of hydrogen-bond acceptors (Lipinski definition) is 5. The van der Waals surface area contributed by atoms with Gasteiger partial charge in [0.15, 0.2) is 5.65 Å². The van der Waals surface area contributed by atoms with E-state index in [0.29, 0.717) is 22.9 Å². The van der Waals surface area contributed by atoms with Crippen molar-refractivity contribution in [2.24, 2.45) is 14.1 Å². The van der Waals surface area contributed by atoms with E-state index in [1.807, 2.05) is 0 Å². The number of nitrogens with one attached hydrogen (secondary N) is 1. The van der Waals surface area contributed by atoms with Crippen LogP contribution < -0.4 is 16.6 Å². The van der Waals surface area contributed by atoms with Crippen LogP contribution in [0.1, 0.15) is 32.1 Å². The van der Waals surface area contributed by atoms with E-state index in [2.05, 4.69) is 15.5 Å². The summed E-state index contributed by atoms with van der Waals surface area (Å²) >= 11 is 0. The van der Waals surface area contributed by atoms with Crippen molar-refractivity contribution in [1.29, 1.82) is 0 Å². The lowest BCUT2D eigenvalue weighted by Gasteiger charge is -2.23. The Labute approximate surface area is 121 Å². The van der Waals surface area contributed by atoms with Crippen molar-refractivity contribution in [3.8, 4) is 0 Å².